The van der Waals surface area contributed by atoms with Crippen LogP contribution in [0, 0.1) is 11.8 Å². The maximum absolute atomic E-state index is 5.80. The van der Waals surface area contributed by atoms with Gasteiger partial charge in [0.2, 0.25) is 0 Å². The van der Waals surface area contributed by atoms with Gasteiger partial charge < -0.3 is 9.30 Å². The van der Waals surface area contributed by atoms with E-state index in [0.717, 1.165) is 19.4 Å². The second kappa shape index (κ2) is 5.00. The van der Waals surface area contributed by atoms with E-state index >= 15 is 0 Å². The summed E-state index contributed by atoms with van der Waals surface area (Å²) in [6.07, 6.45) is 6.23. The normalized spacial score (nSPS) is 31.8. The molecule has 0 radical (unpaired) electrons. The molecular weight excluding hydrogens is 296 g/mol. The van der Waals surface area contributed by atoms with Gasteiger partial charge in [0.05, 0.1) is 18.9 Å². The smallest absolute Gasteiger partial charge is 0.0922 e. The van der Waals surface area contributed by atoms with Gasteiger partial charge in [-0.25, -0.2) is 0 Å². The number of hydrogen-bond acceptors (Lipinski definition) is 2. The van der Waals surface area contributed by atoms with Crippen molar-refractivity contribution in [1.29, 1.82) is 0 Å². The second-order valence-electron chi connectivity index (χ2n) is 7.55. The number of rotatable bonds is 1. The third kappa shape index (κ3) is 1.71. The van der Waals surface area contributed by atoms with Crippen molar-refractivity contribution in [3.8, 4) is 0 Å². The highest BCUT2D eigenvalue weighted by Crippen LogP contribution is 2.51. The molecule has 3 aliphatic heterocycles. The fourth-order valence-corrected chi connectivity index (χ4v) is 5.48. The maximum atomic E-state index is 5.80. The molecule has 0 spiro atoms. The molecule has 4 heterocycles. The molecule has 1 aromatic carbocycles. The Morgan fingerprint density at radius 3 is 2.92 bits per heavy atom. The van der Waals surface area contributed by atoms with Gasteiger partial charge in [-0.15, -0.1) is 0 Å². The van der Waals surface area contributed by atoms with Crippen LogP contribution in [0.3, 0.4) is 0 Å². The van der Waals surface area contributed by atoms with Crippen molar-refractivity contribution < 1.29 is 4.74 Å². The van der Waals surface area contributed by atoms with Crippen LogP contribution in [-0.4, -0.2) is 29.2 Å². The highest BCUT2D eigenvalue weighted by Gasteiger charge is 2.48. The van der Waals surface area contributed by atoms with E-state index in [4.69, 9.17) is 4.74 Å². The van der Waals surface area contributed by atoms with E-state index < -0.39 is 0 Å². The van der Waals surface area contributed by atoms with Crippen LogP contribution in [0.15, 0.2) is 48.8 Å². The van der Waals surface area contributed by atoms with Crippen molar-refractivity contribution in [2.45, 2.75) is 24.9 Å². The van der Waals surface area contributed by atoms with Gasteiger partial charge in [0.25, 0.3) is 0 Å². The third-order valence-corrected chi connectivity index (χ3v) is 6.66. The first-order valence-electron chi connectivity index (χ1n) is 8.93. The summed E-state index contributed by atoms with van der Waals surface area (Å²) in [4.78, 5) is 2.61. The van der Waals surface area contributed by atoms with E-state index in [-0.39, 0.29) is 0 Å². The van der Waals surface area contributed by atoms with Crippen LogP contribution in [-0.2, 0) is 18.2 Å². The summed E-state index contributed by atoms with van der Waals surface area (Å²) >= 11 is 0. The van der Waals surface area contributed by atoms with Crippen molar-refractivity contribution in [3.63, 3.8) is 0 Å². The summed E-state index contributed by atoms with van der Waals surface area (Å²) in [6.45, 7) is 4.85. The zero-order chi connectivity index (χ0) is 16.4. The van der Waals surface area contributed by atoms with Crippen LogP contribution in [0.4, 0.5) is 0 Å². The minimum atomic E-state index is 0.485. The highest BCUT2D eigenvalue weighted by molar-refractivity contribution is 5.86. The van der Waals surface area contributed by atoms with Crippen LogP contribution >= 0.6 is 0 Å². The Morgan fingerprint density at radius 1 is 1.25 bits per heavy atom. The van der Waals surface area contributed by atoms with Gasteiger partial charge in [-0.3, -0.25) is 4.90 Å². The van der Waals surface area contributed by atoms with E-state index in [1.165, 1.54) is 22.2 Å². The molecule has 3 nitrogen and oxygen atoms in total. The lowest BCUT2D eigenvalue weighted by Crippen LogP contribution is -2.55. The van der Waals surface area contributed by atoms with E-state index in [9.17, 15) is 0 Å². The van der Waals surface area contributed by atoms with Crippen LogP contribution < -0.4 is 0 Å². The lowest BCUT2D eigenvalue weighted by Gasteiger charge is -2.53. The minimum Gasteiger partial charge on any atom is -0.501 e. The molecule has 1 fully saturated rings. The molecule has 1 saturated heterocycles. The number of aryl methyl sites for hydroxylation is 1. The molecule has 124 valence electrons. The Kier molecular flexibility index (Phi) is 2.99. The molecule has 24 heavy (non-hydrogen) atoms. The lowest BCUT2D eigenvalue weighted by atomic mass is 9.68. The molecular formula is C21H24N2O. The molecule has 2 aromatic rings. The Morgan fingerprint density at radius 2 is 2.08 bits per heavy atom. The third-order valence-electron chi connectivity index (χ3n) is 6.66. The van der Waals surface area contributed by atoms with Gasteiger partial charge >= 0.3 is 0 Å². The number of aromatic nitrogens is 1. The van der Waals surface area contributed by atoms with E-state index in [1.54, 1.807) is 5.56 Å². The molecule has 0 saturated carbocycles. The number of hydrogen-bond donors (Lipinski definition) is 0. The summed E-state index contributed by atoms with van der Waals surface area (Å²) in [6, 6.07) is 9.90. The molecule has 1 aromatic heterocycles. The molecule has 2 bridgehead atoms. The molecule has 0 aliphatic carbocycles. The SMILES string of the molecule is C=CC1=COC[C@@H]2[C@H]1C[C@H]1c3c(c4ccccc4n3C)C[C@@H]2N1C. The van der Waals surface area contributed by atoms with Gasteiger partial charge in [0.1, 0.15) is 0 Å². The van der Waals surface area contributed by atoms with Crippen LogP contribution in [0.25, 0.3) is 10.9 Å². The number of para-hydroxylation sites is 1. The fourth-order valence-electron chi connectivity index (χ4n) is 5.48. The molecule has 0 unspecified atom stereocenters. The monoisotopic (exact) mass is 320 g/mol. The Hall–Kier alpha value is -2.00. The fraction of sp³-hybridized carbons (Fsp3) is 0.429. The second-order valence-corrected chi connectivity index (χ2v) is 7.55. The number of piperidine rings is 1. The van der Waals surface area contributed by atoms with Gasteiger partial charge in [-0.2, -0.15) is 0 Å². The quantitative estimate of drug-likeness (QED) is 0.795. The highest BCUT2D eigenvalue weighted by atomic mass is 16.5. The first-order valence-corrected chi connectivity index (χ1v) is 8.93. The minimum absolute atomic E-state index is 0.485. The van der Waals surface area contributed by atoms with Crippen molar-refractivity contribution in [2.75, 3.05) is 13.7 Å². The average Bonchev–Trinajstić information content (AvgIpc) is 2.88. The number of fused-ring (bicyclic) bond motifs is 8. The first-order chi connectivity index (χ1) is 11.7. The number of ether oxygens (including phenoxy) is 1. The van der Waals surface area contributed by atoms with Crippen LogP contribution in [0.5, 0.6) is 0 Å². The van der Waals surface area contributed by atoms with Gasteiger partial charge in [0, 0.05) is 35.6 Å². The standard InChI is InChI=1S/C21H24N2O/c1-4-13-11-24-12-17-15(13)9-20-21-16(10-19(17)22(20)2)14-7-5-6-8-18(14)23(21)3/h4-8,11,15,17,19-20H,1,9-10,12H2,2-3H3/t15-,17+,19-,20-/m0/s1. The summed E-state index contributed by atoms with van der Waals surface area (Å²) in [7, 11) is 4.54. The van der Waals surface area contributed by atoms with Crippen molar-refractivity contribution in [1.82, 2.24) is 9.47 Å². The molecule has 0 amide bonds. The summed E-state index contributed by atoms with van der Waals surface area (Å²) in [5.74, 6) is 1.14. The van der Waals surface area contributed by atoms with Crippen molar-refractivity contribution >= 4 is 10.9 Å². The number of nitrogens with zero attached hydrogens (tertiary/aromatic N) is 2. The molecule has 4 atom stereocenters. The number of allylic oxidation sites excluding steroid dienone is 2. The van der Waals surface area contributed by atoms with E-state index in [0.29, 0.717) is 23.9 Å². The predicted octanol–water partition coefficient (Wildman–Crippen LogP) is 3.81. The molecule has 5 rings (SSSR count). The molecule has 0 N–H and O–H groups in total. The Balaban J connectivity index is 1.70. The summed E-state index contributed by atoms with van der Waals surface area (Å²) < 4.78 is 8.23. The summed E-state index contributed by atoms with van der Waals surface area (Å²) in [5.41, 5.74) is 5.73. The van der Waals surface area contributed by atoms with Gasteiger partial charge in [-0.05, 0) is 43.0 Å². The number of likely N-dealkylation sites (N-methyl/N-ethyl adjacent to an activating group) is 1. The maximum Gasteiger partial charge on any atom is 0.0922 e. The van der Waals surface area contributed by atoms with Crippen LogP contribution in [0.2, 0.25) is 0 Å². The van der Waals surface area contributed by atoms with Gasteiger partial charge in [-0.1, -0.05) is 30.9 Å². The number of benzene rings is 1. The largest absolute Gasteiger partial charge is 0.501 e. The molecule has 3 aliphatic rings. The van der Waals surface area contributed by atoms with Gasteiger partial charge in [0.15, 0.2) is 0 Å². The Bertz CT molecular complexity index is 862. The van der Waals surface area contributed by atoms with E-state index in [2.05, 4.69) is 54.4 Å². The topological polar surface area (TPSA) is 17.4 Å². The Labute approximate surface area is 143 Å². The van der Waals surface area contributed by atoms with Crippen molar-refractivity contribution in [3.05, 3.63) is 60.0 Å². The molecule has 3 heteroatoms. The van der Waals surface area contributed by atoms with Crippen LogP contribution in [0.1, 0.15) is 23.7 Å². The summed E-state index contributed by atoms with van der Waals surface area (Å²) in [5, 5.41) is 1.44. The lowest BCUT2D eigenvalue weighted by molar-refractivity contribution is -0.0219. The first kappa shape index (κ1) is 14.4. The predicted molar refractivity (Wildman–Crippen MR) is 96.7 cm³/mol. The van der Waals surface area contributed by atoms with Crippen molar-refractivity contribution in [2.24, 2.45) is 18.9 Å². The average molecular weight is 320 g/mol. The zero-order valence-corrected chi connectivity index (χ0v) is 14.4. The van der Waals surface area contributed by atoms with E-state index in [1.807, 2.05) is 12.3 Å². The zero-order valence-electron chi connectivity index (χ0n) is 14.4.